The first kappa shape index (κ1) is 20.3. The Kier molecular flexibility index (Phi) is 7.25. The van der Waals surface area contributed by atoms with Crippen LogP contribution < -0.4 is 5.32 Å². The lowest BCUT2D eigenvalue weighted by Crippen LogP contribution is -2.17. The third kappa shape index (κ3) is 6.67. The van der Waals surface area contributed by atoms with E-state index in [0.717, 1.165) is 0 Å². The first-order valence-corrected chi connectivity index (χ1v) is 8.58. The number of carbonyl (C=O) groups excluding carboxylic acids is 4. The van der Waals surface area contributed by atoms with Crippen molar-refractivity contribution in [1.29, 1.82) is 0 Å². The molecule has 0 aliphatic rings. The van der Waals surface area contributed by atoms with Crippen LogP contribution in [0.4, 0.5) is 5.69 Å². The maximum absolute atomic E-state index is 11.9. The van der Waals surface area contributed by atoms with Crippen molar-refractivity contribution in [2.75, 3.05) is 11.9 Å². The lowest BCUT2D eigenvalue weighted by molar-refractivity contribution is -0.143. The molecule has 7 heteroatoms. The molecule has 6 nitrogen and oxygen atoms in total. The fourth-order valence-corrected chi connectivity index (χ4v) is 2.29. The first-order valence-electron chi connectivity index (χ1n) is 8.20. The molecule has 2 rings (SSSR count). The van der Waals surface area contributed by atoms with E-state index in [1.807, 2.05) is 0 Å². The normalized spacial score (nSPS) is 10.1. The van der Waals surface area contributed by atoms with Gasteiger partial charge >= 0.3 is 5.97 Å². The van der Waals surface area contributed by atoms with Crippen molar-refractivity contribution in [3.8, 4) is 0 Å². The Bertz CT molecular complexity index is 844. The van der Waals surface area contributed by atoms with Gasteiger partial charge in [-0.25, -0.2) is 0 Å². The molecular formula is C20H18ClNO5. The van der Waals surface area contributed by atoms with Gasteiger partial charge in [0.1, 0.15) is 0 Å². The monoisotopic (exact) mass is 387 g/mol. The highest BCUT2D eigenvalue weighted by molar-refractivity contribution is 6.30. The van der Waals surface area contributed by atoms with E-state index in [1.54, 1.807) is 48.5 Å². The zero-order chi connectivity index (χ0) is 19.8. The van der Waals surface area contributed by atoms with Crippen LogP contribution in [0.2, 0.25) is 5.02 Å². The summed E-state index contributed by atoms with van der Waals surface area (Å²) in [6, 6.07) is 12.7. The molecule has 0 aliphatic carbocycles. The van der Waals surface area contributed by atoms with Crippen molar-refractivity contribution < 1.29 is 23.9 Å². The molecular weight excluding hydrogens is 370 g/mol. The molecule has 0 radical (unpaired) electrons. The quantitative estimate of drug-likeness (QED) is 0.551. The van der Waals surface area contributed by atoms with E-state index < -0.39 is 12.6 Å². The highest BCUT2D eigenvalue weighted by atomic mass is 35.5. The third-order valence-corrected chi connectivity index (χ3v) is 3.91. The van der Waals surface area contributed by atoms with Gasteiger partial charge in [0.05, 0.1) is 6.42 Å². The van der Waals surface area contributed by atoms with Crippen LogP contribution in [0.3, 0.4) is 0 Å². The van der Waals surface area contributed by atoms with Crippen LogP contribution in [0.15, 0.2) is 48.5 Å². The average molecular weight is 388 g/mol. The second kappa shape index (κ2) is 9.64. The zero-order valence-electron chi connectivity index (χ0n) is 14.7. The van der Waals surface area contributed by atoms with Gasteiger partial charge in [0, 0.05) is 28.3 Å². The van der Waals surface area contributed by atoms with Crippen LogP contribution in [0.1, 0.15) is 40.5 Å². The number of Topliss-reactive ketones (excluding diaryl/α,β-unsaturated/α-hetero) is 2. The third-order valence-electron chi connectivity index (χ3n) is 3.66. The summed E-state index contributed by atoms with van der Waals surface area (Å²) in [6.07, 6.45) is -0.228. The fourth-order valence-electron chi connectivity index (χ4n) is 2.16. The Morgan fingerprint density at radius 3 is 2.07 bits per heavy atom. The molecule has 0 aliphatic heterocycles. The number of halogens is 1. The van der Waals surface area contributed by atoms with Gasteiger partial charge in [-0.3, -0.25) is 19.2 Å². The average Bonchev–Trinajstić information content (AvgIpc) is 2.65. The first-order chi connectivity index (χ1) is 12.8. The molecule has 0 saturated heterocycles. The van der Waals surface area contributed by atoms with Crippen molar-refractivity contribution >= 4 is 40.7 Å². The highest BCUT2D eigenvalue weighted by Gasteiger charge is 2.12. The van der Waals surface area contributed by atoms with Crippen LogP contribution in [0.25, 0.3) is 0 Å². The van der Waals surface area contributed by atoms with Gasteiger partial charge in [-0.05, 0) is 55.5 Å². The summed E-state index contributed by atoms with van der Waals surface area (Å²) in [5.41, 5.74) is 1.46. The number of benzene rings is 2. The number of esters is 1. The Labute approximate surface area is 161 Å². The van der Waals surface area contributed by atoms with Crippen LogP contribution in [0, 0.1) is 0 Å². The summed E-state index contributed by atoms with van der Waals surface area (Å²) < 4.78 is 4.89. The van der Waals surface area contributed by atoms with Gasteiger partial charge in [0.25, 0.3) is 0 Å². The fraction of sp³-hybridized carbons (Fsp3) is 0.200. The molecule has 0 bridgehead atoms. The van der Waals surface area contributed by atoms with Crippen molar-refractivity contribution in [2.24, 2.45) is 0 Å². The second-order valence-corrected chi connectivity index (χ2v) is 6.21. The molecule has 0 heterocycles. The summed E-state index contributed by atoms with van der Waals surface area (Å²) >= 11 is 5.74. The van der Waals surface area contributed by atoms with E-state index in [-0.39, 0.29) is 30.3 Å². The number of hydrogen-bond donors (Lipinski definition) is 1. The van der Waals surface area contributed by atoms with Crippen LogP contribution >= 0.6 is 11.6 Å². The van der Waals surface area contributed by atoms with Crippen molar-refractivity contribution in [3.63, 3.8) is 0 Å². The van der Waals surface area contributed by atoms with E-state index in [2.05, 4.69) is 5.32 Å². The summed E-state index contributed by atoms with van der Waals surface area (Å²) in [5, 5.41) is 3.13. The van der Waals surface area contributed by atoms with E-state index in [9.17, 15) is 19.2 Å². The molecule has 2 aromatic rings. The molecule has 0 spiro atoms. The number of ether oxygens (including phenoxy) is 1. The number of anilines is 1. The van der Waals surface area contributed by atoms with Crippen molar-refractivity contribution in [1.82, 2.24) is 0 Å². The molecule has 140 valence electrons. The number of nitrogens with one attached hydrogen (secondary N) is 1. The van der Waals surface area contributed by atoms with Crippen LogP contribution in [0.5, 0.6) is 0 Å². The van der Waals surface area contributed by atoms with Crippen molar-refractivity contribution in [3.05, 3.63) is 64.7 Å². The maximum Gasteiger partial charge on any atom is 0.306 e. The minimum atomic E-state index is -0.639. The summed E-state index contributed by atoms with van der Waals surface area (Å²) in [5.74, 6) is -1.43. The molecule has 0 unspecified atom stereocenters. The SMILES string of the molecule is CC(=O)c1ccc(NC(=O)CCC(=O)OCC(=O)c2ccc(Cl)cc2)cc1. The van der Waals surface area contributed by atoms with Gasteiger partial charge in [-0.15, -0.1) is 0 Å². The molecule has 1 amide bonds. The minimum Gasteiger partial charge on any atom is -0.457 e. The summed E-state index contributed by atoms with van der Waals surface area (Å²) in [4.78, 5) is 46.7. The summed E-state index contributed by atoms with van der Waals surface area (Å²) in [6.45, 7) is 1.06. The number of amides is 1. The van der Waals surface area contributed by atoms with Crippen LogP contribution in [-0.4, -0.2) is 30.0 Å². The molecule has 1 N–H and O–H groups in total. The highest BCUT2D eigenvalue weighted by Crippen LogP contribution is 2.12. The molecule has 2 aromatic carbocycles. The largest absolute Gasteiger partial charge is 0.457 e. The Balaban J connectivity index is 1.72. The smallest absolute Gasteiger partial charge is 0.306 e. The Hall–Kier alpha value is -2.99. The number of ketones is 2. The topological polar surface area (TPSA) is 89.5 Å². The Morgan fingerprint density at radius 1 is 0.889 bits per heavy atom. The number of hydrogen-bond acceptors (Lipinski definition) is 5. The number of rotatable bonds is 8. The molecule has 27 heavy (non-hydrogen) atoms. The molecule has 0 fully saturated rings. The zero-order valence-corrected chi connectivity index (χ0v) is 15.4. The molecule has 0 aromatic heterocycles. The van der Waals surface area contributed by atoms with Crippen molar-refractivity contribution in [2.45, 2.75) is 19.8 Å². The molecule has 0 saturated carbocycles. The van der Waals surface area contributed by atoms with E-state index in [0.29, 0.717) is 21.8 Å². The maximum atomic E-state index is 11.9. The van der Waals surface area contributed by atoms with E-state index >= 15 is 0 Å². The van der Waals surface area contributed by atoms with E-state index in [1.165, 1.54) is 6.92 Å². The minimum absolute atomic E-state index is 0.0660. The van der Waals surface area contributed by atoms with E-state index in [4.69, 9.17) is 16.3 Å². The standard InChI is InChI=1S/C20H18ClNO5/c1-13(23)14-4-8-17(9-5-14)22-19(25)10-11-20(26)27-12-18(24)15-2-6-16(21)7-3-15/h2-9H,10-12H2,1H3,(H,22,25). The van der Waals surface area contributed by atoms with Gasteiger partial charge in [-0.2, -0.15) is 0 Å². The predicted molar refractivity (Wildman–Crippen MR) is 101 cm³/mol. The van der Waals surface area contributed by atoms with Gasteiger partial charge < -0.3 is 10.1 Å². The second-order valence-electron chi connectivity index (χ2n) is 5.77. The molecule has 0 atom stereocenters. The Morgan fingerprint density at radius 2 is 1.48 bits per heavy atom. The van der Waals surface area contributed by atoms with Gasteiger partial charge in [0.15, 0.2) is 18.2 Å². The summed E-state index contributed by atoms with van der Waals surface area (Å²) in [7, 11) is 0. The van der Waals surface area contributed by atoms with Gasteiger partial charge in [-0.1, -0.05) is 11.6 Å². The van der Waals surface area contributed by atoms with Crippen LogP contribution in [-0.2, 0) is 14.3 Å². The lowest BCUT2D eigenvalue weighted by atomic mass is 10.1. The number of carbonyl (C=O) groups is 4. The van der Waals surface area contributed by atoms with Gasteiger partial charge in [0.2, 0.25) is 5.91 Å². The predicted octanol–water partition coefficient (Wildman–Crippen LogP) is 3.69. The lowest BCUT2D eigenvalue weighted by Gasteiger charge is -2.06.